The van der Waals surface area contributed by atoms with Crippen LogP contribution in [0.4, 0.5) is 0 Å². The highest BCUT2D eigenvalue weighted by molar-refractivity contribution is 5.46. The van der Waals surface area contributed by atoms with Crippen LogP contribution in [0.15, 0.2) is 73.0 Å². The number of benzene rings is 2. The van der Waals surface area contributed by atoms with Gasteiger partial charge in [-0.3, -0.25) is 0 Å². The number of fused-ring (bicyclic) bond motifs is 1. The Bertz CT molecular complexity index is 626. The van der Waals surface area contributed by atoms with Gasteiger partial charge < -0.3 is 14.6 Å². The van der Waals surface area contributed by atoms with E-state index in [1.165, 1.54) is 0 Å². The van der Waals surface area contributed by atoms with Gasteiger partial charge in [0, 0.05) is 0 Å². The molecule has 0 aliphatic carbocycles. The summed E-state index contributed by atoms with van der Waals surface area (Å²) in [5.74, 6) is 0. The van der Waals surface area contributed by atoms with Crippen LogP contribution in [0.2, 0.25) is 0 Å². The van der Waals surface area contributed by atoms with Crippen LogP contribution in [0.25, 0.3) is 0 Å². The van der Waals surface area contributed by atoms with E-state index in [1.54, 1.807) is 6.26 Å². The topological polar surface area (TPSA) is 38.7 Å². The van der Waals surface area contributed by atoms with Crippen molar-refractivity contribution >= 4 is 0 Å². The van der Waals surface area contributed by atoms with Crippen LogP contribution in [0.5, 0.6) is 0 Å². The monoisotopic (exact) mass is 280 g/mol. The summed E-state index contributed by atoms with van der Waals surface area (Å²) >= 11 is 0. The second kappa shape index (κ2) is 4.45. The first-order valence-electron chi connectivity index (χ1n) is 7.06. The maximum Gasteiger partial charge on any atom is 0.215 e. The second-order valence-electron chi connectivity index (χ2n) is 5.50. The summed E-state index contributed by atoms with van der Waals surface area (Å²) in [5.41, 5.74) is 0.769. The van der Waals surface area contributed by atoms with Crippen LogP contribution in [0, 0.1) is 5.41 Å². The molecule has 4 rings (SSSR count). The number of ether oxygens (including phenoxy) is 2. The summed E-state index contributed by atoms with van der Waals surface area (Å²) in [4.78, 5) is 0. The molecule has 2 atom stereocenters. The minimum absolute atomic E-state index is 0.0298. The standard InChI is InChI=1S/C18H16O3/c19-13-17-11-12-20-16(17)21-18(17,14-7-3-1-4-8-14)15-9-5-2-6-10-15/h1-12,16,19H,13H2/t16-,17+/m1/s1. The summed E-state index contributed by atoms with van der Waals surface area (Å²) < 4.78 is 11.7. The molecule has 21 heavy (non-hydrogen) atoms. The van der Waals surface area contributed by atoms with E-state index in [0.717, 1.165) is 11.1 Å². The SMILES string of the molecule is OC[C@@]12C=CO[C@@H]1OC2(c1ccccc1)c1ccccc1. The molecular weight excluding hydrogens is 264 g/mol. The highest BCUT2D eigenvalue weighted by atomic mass is 16.7. The average molecular weight is 280 g/mol. The summed E-state index contributed by atoms with van der Waals surface area (Å²) in [6.45, 7) is -0.0298. The molecule has 2 heterocycles. The lowest BCUT2D eigenvalue weighted by atomic mass is 9.61. The van der Waals surface area contributed by atoms with Crippen LogP contribution in [0.3, 0.4) is 0 Å². The highest BCUT2D eigenvalue weighted by Gasteiger charge is 2.70. The molecule has 1 saturated heterocycles. The van der Waals surface area contributed by atoms with Gasteiger partial charge in [0.05, 0.1) is 12.9 Å². The Morgan fingerprint density at radius 3 is 1.95 bits per heavy atom. The molecule has 3 heteroatoms. The van der Waals surface area contributed by atoms with E-state index in [4.69, 9.17) is 9.47 Å². The van der Waals surface area contributed by atoms with E-state index in [2.05, 4.69) is 0 Å². The van der Waals surface area contributed by atoms with Crippen molar-refractivity contribution in [1.82, 2.24) is 0 Å². The van der Waals surface area contributed by atoms with Crippen LogP contribution < -0.4 is 0 Å². The van der Waals surface area contributed by atoms with Gasteiger partial charge in [-0.1, -0.05) is 60.7 Å². The van der Waals surface area contributed by atoms with Crippen LogP contribution in [-0.2, 0) is 15.1 Å². The molecule has 0 saturated carbocycles. The van der Waals surface area contributed by atoms with Gasteiger partial charge in [-0.25, -0.2) is 0 Å². The minimum Gasteiger partial charge on any atom is -0.472 e. The van der Waals surface area contributed by atoms with E-state index < -0.39 is 17.3 Å². The van der Waals surface area contributed by atoms with Gasteiger partial charge in [-0.05, 0) is 17.2 Å². The molecule has 0 radical (unpaired) electrons. The Kier molecular flexibility index (Phi) is 2.67. The predicted molar refractivity (Wildman–Crippen MR) is 78.3 cm³/mol. The molecular formula is C18H16O3. The lowest BCUT2D eigenvalue weighted by molar-refractivity contribution is -0.360. The van der Waals surface area contributed by atoms with Crippen molar-refractivity contribution in [3.05, 3.63) is 84.1 Å². The fraction of sp³-hybridized carbons (Fsp3) is 0.222. The molecule has 106 valence electrons. The lowest BCUT2D eigenvalue weighted by Gasteiger charge is -2.58. The van der Waals surface area contributed by atoms with Gasteiger partial charge in [-0.15, -0.1) is 0 Å². The Hall–Kier alpha value is -2.10. The summed E-state index contributed by atoms with van der Waals surface area (Å²) in [6, 6.07) is 20.0. The van der Waals surface area contributed by atoms with Crippen LogP contribution in [-0.4, -0.2) is 18.0 Å². The van der Waals surface area contributed by atoms with E-state index in [9.17, 15) is 5.11 Å². The highest BCUT2D eigenvalue weighted by Crippen LogP contribution is 2.63. The number of hydrogen-bond donors (Lipinski definition) is 1. The number of aliphatic hydroxyl groups excluding tert-OH is 1. The smallest absolute Gasteiger partial charge is 0.215 e. The molecule has 0 aromatic heterocycles. The molecule has 0 bridgehead atoms. The molecule has 0 amide bonds. The zero-order valence-electron chi connectivity index (χ0n) is 11.5. The molecule has 0 spiro atoms. The van der Waals surface area contributed by atoms with Crippen molar-refractivity contribution < 1.29 is 14.6 Å². The van der Waals surface area contributed by atoms with Gasteiger partial charge in [0.1, 0.15) is 11.0 Å². The van der Waals surface area contributed by atoms with E-state index >= 15 is 0 Å². The fourth-order valence-corrected chi connectivity index (χ4v) is 3.48. The predicted octanol–water partition coefficient (Wildman–Crippen LogP) is 2.81. The van der Waals surface area contributed by atoms with Gasteiger partial charge in [0.25, 0.3) is 0 Å². The molecule has 2 aromatic rings. The van der Waals surface area contributed by atoms with E-state index in [0.29, 0.717) is 0 Å². The van der Waals surface area contributed by atoms with Crippen LogP contribution in [0.1, 0.15) is 11.1 Å². The average Bonchev–Trinajstić information content (AvgIpc) is 2.88. The third-order valence-corrected chi connectivity index (χ3v) is 4.55. The number of aliphatic hydroxyl groups is 1. The maximum atomic E-state index is 10.1. The summed E-state index contributed by atoms with van der Waals surface area (Å²) in [5, 5.41) is 10.1. The van der Waals surface area contributed by atoms with Gasteiger partial charge >= 0.3 is 0 Å². The van der Waals surface area contributed by atoms with Crippen molar-refractivity contribution in [3.8, 4) is 0 Å². The molecule has 1 N–H and O–H groups in total. The van der Waals surface area contributed by atoms with Crippen molar-refractivity contribution in [1.29, 1.82) is 0 Å². The Morgan fingerprint density at radius 1 is 0.905 bits per heavy atom. The fourth-order valence-electron chi connectivity index (χ4n) is 3.48. The zero-order valence-corrected chi connectivity index (χ0v) is 11.5. The van der Waals surface area contributed by atoms with Gasteiger partial charge in [-0.2, -0.15) is 0 Å². The van der Waals surface area contributed by atoms with E-state index in [1.807, 2.05) is 66.7 Å². The van der Waals surface area contributed by atoms with Gasteiger partial charge in [0.2, 0.25) is 6.29 Å². The first-order chi connectivity index (χ1) is 10.3. The summed E-state index contributed by atoms with van der Waals surface area (Å²) in [6.07, 6.45) is 3.14. The molecule has 1 fully saturated rings. The van der Waals surface area contributed by atoms with E-state index in [-0.39, 0.29) is 6.61 Å². The van der Waals surface area contributed by atoms with Crippen molar-refractivity contribution in [2.24, 2.45) is 5.41 Å². The van der Waals surface area contributed by atoms with Crippen molar-refractivity contribution in [3.63, 3.8) is 0 Å². The largest absolute Gasteiger partial charge is 0.472 e. The molecule has 2 aliphatic rings. The normalized spacial score (nSPS) is 28.5. The first-order valence-corrected chi connectivity index (χ1v) is 7.06. The maximum absolute atomic E-state index is 10.1. The Balaban J connectivity index is 1.95. The first kappa shape index (κ1) is 12.6. The van der Waals surface area contributed by atoms with Crippen molar-refractivity contribution in [2.45, 2.75) is 11.9 Å². The number of rotatable bonds is 3. The van der Waals surface area contributed by atoms with Gasteiger partial charge in [0.15, 0.2) is 0 Å². The molecule has 0 unspecified atom stereocenters. The third-order valence-electron chi connectivity index (χ3n) is 4.55. The molecule has 2 aliphatic heterocycles. The quantitative estimate of drug-likeness (QED) is 0.939. The second-order valence-corrected chi connectivity index (χ2v) is 5.50. The minimum atomic E-state index is -0.706. The van der Waals surface area contributed by atoms with Crippen LogP contribution >= 0.6 is 0 Å². The Morgan fingerprint density at radius 2 is 1.48 bits per heavy atom. The molecule has 2 aromatic carbocycles. The lowest BCUT2D eigenvalue weighted by Crippen LogP contribution is -2.67. The number of hydrogen-bond acceptors (Lipinski definition) is 3. The summed E-state index contributed by atoms with van der Waals surface area (Å²) in [7, 11) is 0. The molecule has 3 nitrogen and oxygen atoms in total. The Labute approximate surface area is 123 Å². The third kappa shape index (κ3) is 1.45. The zero-order chi connectivity index (χ0) is 14.3. The van der Waals surface area contributed by atoms with Crippen molar-refractivity contribution in [2.75, 3.05) is 6.61 Å².